The van der Waals surface area contributed by atoms with Gasteiger partial charge in [0.05, 0.1) is 12.5 Å². The molecule has 1 amide bonds. The van der Waals surface area contributed by atoms with Crippen LogP contribution in [0.1, 0.15) is 31.2 Å². The van der Waals surface area contributed by atoms with Crippen molar-refractivity contribution in [3.8, 4) is 5.75 Å². The number of likely N-dealkylation sites (N-methyl/N-ethyl adjacent to an activating group) is 1. The number of rotatable bonds is 7. The second kappa shape index (κ2) is 6.91. The van der Waals surface area contributed by atoms with Crippen LogP contribution in [0, 0.1) is 17.3 Å². The number of carbonyl (C=O) groups is 1. The van der Waals surface area contributed by atoms with Gasteiger partial charge in [-0.2, -0.15) is 0 Å². The second-order valence-electron chi connectivity index (χ2n) is 7.12. The minimum Gasteiger partial charge on any atom is -0.497 e. The number of hydrogen-bond donors (Lipinski definition) is 2. The van der Waals surface area contributed by atoms with Crippen LogP contribution in [0.3, 0.4) is 0 Å². The molecule has 2 aliphatic carbocycles. The molecule has 0 aliphatic heterocycles. The first kappa shape index (κ1) is 16.3. The Morgan fingerprint density at radius 2 is 2.22 bits per heavy atom. The van der Waals surface area contributed by atoms with Crippen molar-refractivity contribution in [2.24, 2.45) is 17.3 Å². The first-order valence-electron chi connectivity index (χ1n) is 8.74. The van der Waals surface area contributed by atoms with E-state index in [0.29, 0.717) is 12.5 Å². The number of benzene rings is 1. The quantitative estimate of drug-likeness (QED) is 0.759. The summed E-state index contributed by atoms with van der Waals surface area (Å²) in [4.78, 5) is 13.0. The minimum atomic E-state index is -0.219. The van der Waals surface area contributed by atoms with Crippen molar-refractivity contribution in [3.63, 3.8) is 0 Å². The van der Waals surface area contributed by atoms with Gasteiger partial charge in [0, 0.05) is 13.1 Å². The highest BCUT2D eigenvalue weighted by Gasteiger charge is 2.55. The summed E-state index contributed by atoms with van der Waals surface area (Å²) in [6, 6.07) is 8.18. The zero-order chi connectivity index (χ0) is 16.3. The van der Waals surface area contributed by atoms with Gasteiger partial charge in [0.15, 0.2) is 0 Å². The maximum atomic E-state index is 13.0. The molecule has 0 aromatic heterocycles. The van der Waals surface area contributed by atoms with Gasteiger partial charge in [-0.1, -0.05) is 18.6 Å². The lowest BCUT2D eigenvalue weighted by Crippen LogP contribution is -2.47. The molecule has 4 nitrogen and oxygen atoms in total. The first-order chi connectivity index (χ1) is 11.2. The van der Waals surface area contributed by atoms with Crippen LogP contribution in [0.5, 0.6) is 5.75 Å². The summed E-state index contributed by atoms with van der Waals surface area (Å²) >= 11 is 0. The lowest BCUT2D eigenvalue weighted by atomic mass is 9.68. The van der Waals surface area contributed by atoms with Gasteiger partial charge in [-0.25, -0.2) is 0 Å². The fourth-order valence-electron chi connectivity index (χ4n) is 4.64. The summed E-state index contributed by atoms with van der Waals surface area (Å²) in [5, 5.41) is 6.26. The van der Waals surface area contributed by atoms with Gasteiger partial charge < -0.3 is 15.4 Å². The van der Waals surface area contributed by atoms with E-state index in [1.807, 2.05) is 19.2 Å². The van der Waals surface area contributed by atoms with Crippen molar-refractivity contribution in [1.29, 1.82) is 0 Å². The summed E-state index contributed by atoms with van der Waals surface area (Å²) in [6.07, 6.45) is 5.60. The van der Waals surface area contributed by atoms with Crippen LogP contribution in [0.25, 0.3) is 0 Å². The summed E-state index contributed by atoms with van der Waals surface area (Å²) in [5.41, 5.74) is 0.990. The van der Waals surface area contributed by atoms with Crippen LogP contribution in [-0.4, -0.2) is 33.2 Å². The Kier molecular flexibility index (Phi) is 4.90. The molecule has 2 fully saturated rings. The molecule has 1 aromatic carbocycles. The number of fused-ring (bicyclic) bond motifs is 2. The monoisotopic (exact) mass is 316 g/mol. The molecule has 1 aromatic rings. The van der Waals surface area contributed by atoms with Gasteiger partial charge in [-0.3, -0.25) is 4.79 Å². The highest BCUT2D eigenvalue weighted by molar-refractivity contribution is 5.84. The average Bonchev–Trinajstić information content (AvgIpc) is 3.16. The molecule has 23 heavy (non-hydrogen) atoms. The lowest BCUT2D eigenvalue weighted by molar-refractivity contribution is -0.134. The van der Waals surface area contributed by atoms with Crippen molar-refractivity contribution in [1.82, 2.24) is 10.6 Å². The second-order valence-corrected chi connectivity index (χ2v) is 7.12. The molecule has 0 spiro atoms. The molecule has 3 atom stereocenters. The highest BCUT2D eigenvalue weighted by atomic mass is 16.5. The smallest absolute Gasteiger partial charge is 0.226 e. The van der Waals surface area contributed by atoms with Gasteiger partial charge >= 0.3 is 0 Å². The van der Waals surface area contributed by atoms with Gasteiger partial charge in [-0.05, 0) is 62.3 Å². The van der Waals surface area contributed by atoms with E-state index in [1.54, 1.807) is 7.11 Å². The van der Waals surface area contributed by atoms with Crippen LogP contribution in [0.15, 0.2) is 24.3 Å². The zero-order valence-corrected chi connectivity index (χ0v) is 14.2. The third kappa shape index (κ3) is 3.23. The predicted molar refractivity (Wildman–Crippen MR) is 91.5 cm³/mol. The Bertz CT molecular complexity index is 560. The maximum absolute atomic E-state index is 13.0. The summed E-state index contributed by atoms with van der Waals surface area (Å²) in [6.45, 7) is 1.52. The Labute approximate surface area is 139 Å². The Balaban J connectivity index is 1.80. The molecule has 0 saturated heterocycles. The molecular weight excluding hydrogens is 288 g/mol. The van der Waals surface area contributed by atoms with E-state index in [0.717, 1.165) is 31.1 Å². The number of ether oxygens (including phenoxy) is 1. The van der Waals surface area contributed by atoms with Crippen molar-refractivity contribution < 1.29 is 9.53 Å². The van der Waals surface area contributed by atoms with Crippen LogP contribution < -0.4 is 15.4 Å². The van der Waals surface area contributed by atoms with E-state index in [-0.39, 0.29) is 11.3 Å². The molecule has 2 bridgehead atoms. The predicted octanol–water partition coefficient (Wildman–Crippen LogP) is 2.38. The Hall–Kier alpha value is -1.55. The minimum absolute atomic E-state index is 0.219. The zero-order valence-electron chi connectivity index (χ0n) is 14.2. The normalized spacial score (nSPS) is 28.8. The summed E-state index contributed by atoms with van der Waals surface area (Å²) < 4.78 is 5.35. The van der Waals surface area contributed by atoms with Crippen LogP contribution in [-0.2, 0) is 11.2 Å². The number of hydrogen-bond acceptors (Lipinski definition) is 3. The van der Waals surface area contributed by atoms with Gasteiger partial charge in [0.1, 0.15) is 5.75 Å². The van der Waals surface area contributed by atoms with Crippen molar-refractivity contribution in [3.05, 3.63) is 29.8 Å². The topological polar surface area (TPSA) is 50.4 Å². The van der Waals surface area contributed by atoms with Crippen LogP contribution >= 0.6 is 0 Å². The van der Waals surface area contributed by atoms with E-state index >= 15 is 0 Å². The lowest BCUT2D eigenvalue weighted by Gasteiger charge is -2.36. The van der Waals surface area contributed by atoms with Crippen LogP contribution in [0.2, 0.25) is 0 Å². The van der Waals surface area contributed by atoms with E-state index in [4.69, 9.17) is 4.74 Å². The summed E-state index contributed by atoms with van der Waals surface area (Å²) in [7, 11) is 3.60. The number of nitrogens with one attached hydrogen (secondary N) is 2. The highest BCUT2D eigenvalue weighted by Crippen LogP contribution is 2.57. The number of amides is 1. The maximum Gasteiger partial charge on any atom is 0.226 e. The molecule has 0 radical (unpaired) electrons. The summed E-state index contributed by atoms with van der Waals surface area (Å²) in [5.74, 6) is 2.40. The van der Waals surface area contributed by atoms with Gasteiger partial charge in [0.2, 0.25) is 5.91 Å². The molecule has 0 heterocycles. The van der Waals surface area contributed by atoms with Gasteiger partial charge in [0.25, 0.3) is 0 Å². The fraction of sp³-hybridized carbons (Fsp3) is 0.632. The Morgan fingerprint density at radius 3 is 2.87 bits per heavy atom. The standard InChI is InChI=1S/C19H28N2O2/c1-20-8-9-21-18(22)19(13-15-6-7-16(19)10-15)12-14-4-3-5-17(11-14)23-2/h3-5,11,15-16,20H,6-10,12-13H2,1-2H3,(H,21,22). The number of methoxy groups -OCH3 is 1. The first-order valence-corrected chi connectivity index (χ1v) is 8.74. The molecule has 126 valence electrons. The van der Waals surface area contributed by atoms with E-state index < -0.39 is 0 Å². The van der Waals surface area contributed by atoms with Gasteiger partial charge in [-0.15, -0.1) is 0 Å². The number of carbonyl (C=O) groups excluding carboxylic acids is 1. The Morgan fingerprint density at radius 1 is 1.35 bits per heavy atom. The van der Waals surface area contributed by atoms with Crippen molar-refractivity contribution >= 4 is 5.91 Å². The van der Waals surface area contributed by atoms with E-state index in [1.165, 1.54) is 24.8 Å². The molecule has 4 heteroatoms. The average molecular weight is 316 g/mol. The molecule has 2 aliphatic rings. The van der Waals surface area contributed by atoms with Crippen molar-refractivity contribution in [2.75, 3.05) is 27.2 Å². The molecule has 3 rings (SSSR count). The van der Waals surface area contributed by atoms with E-state index in [9.17, 15) is 4.79 Å². The molecule has 3 unspecified atom stereocenters. The fourth-order valence-corrected chi connectivity index (χ4v) is 4.64. The molecule has 2 saturated carbocycles. The molecular formula is C19H28N2O2. The largest absolute Gasteiger partial charge is 0.497 e. The molecule has 2 N–H and O–H groups in total. The SMILES string of the molecule is CNCCNC(=O)C1(Cc2cccc(OC)c2)CC2CCC1C2. The van der Waals surface area contributed by atoms with E-state index in [2.05, 4.69) is 22.8 Å². The third-order valence-corrected chi connectivity index (χ3v) is 5.74. The van der Waals surface area contributed by atoms with Crippen molar-refractivity contribution in [2.45, 2.75) is 32.1 Å². The van der Waals surface area contributed by atoms with Crippen LogP contribution in [0.4, 0.5) is 0 Å². The third-order valence-electron chi connectivity index (χ3n) is 5.74.